The second-order valence-electron chi connectivity index (χ2n) is 4.70. The summed E-state index contributed by atoms with van der Waals surface area (Å²) in [6, 6.07) is 0. The predicted octanol–water partition coefficient (Wildman–Crippen LogP) is -0.144. The number of hydrogen-bond acceptors (Lipinski definition) is 4. The Labute approximate surface area is 99.6 Å². The fraction of sp³-hybridized carbons (Fsp3) is 1.00. The summed E-state index contributed by atoms with van der Waals surface area (Å²) < 4.78 is 25.8. The Balaban J connectivity index is 4.09. The van der Waals surface area contributed by atoms with E-state index in [0.29, 0.717) is 13.1 Å². The largest absolute Gasteiger partial charge is 0.316 e. The maximum atomic E-state index is 11.6. The molecule has 5 nitrogen and oxygen atoms in total. The number of nitrogens with zero attached hydrogens (tertiary/aromatic N) is 1. The summed E-state index contributed by atoms with van der Waals surface area (Å²) in [7, 11) is 0.715. The zero-order valence-electron chi connectivity index (χ0n) is 11.0. The topological polar surface area (TPSA) is 61.4 Å². The average Bonchev–Trinajstić information content (AvgIpc) is 2.15. The summed E-state index contributed by atoms with van der Waals surface area (Å²) in [5.41, 5.74) is -0.175. The Bertz CT molecular complexity index is 286. The van der Waals surface area contributed by atoms with E-state index in [1.54, 1.807) is 0 Å². The molecule has 0 heterocycles. The zero-order chi connectivity index (χ0) is 12.8. The fourth-order valence-electron chi connectivity index (χ4n) is 0.900. The van der Waals surface area contributed by atoms with Crippen LogP contribution in [-0.4, -0.2) is 58.3 Å². The maximum absolute atomic E-state index is 11.6. The van der Waals surface area contributed by atoms with E-state index < -0.39 is 10.0 Å². The lowest BCUT2D eigenvalue weighted by Crippen LogP contribution is -2.48. The van der Waals surface area contributed by atoms with Crippen molar-refractivity contribution >= 4 is 10.0 Å². The number of nitrogens with one attached hydrogen (secondary N) is 2. The highest BCUT2D eigenvalue weighted by molar-refractivity contribution is 7.89. The molecule has 0 amide bonds. The van der Waals surface area contributed by atoms with Crippen LogP contribution in [0.4, 0.5) is 0 Å². The molecule has 0 saturated heterocycles. The van der Waals surface area contributed by atoms with Crippen LogP contribution in [0.2, 0.25) is 0 Å². The van der Waals surface area contributed by atoms with Crippen LogP contribution >= 0.6 is 0 Å². The first kappa shape index (κ1) is 15.8. The van der Waals surface area contributed by atoms with Crippen molar-refractivity contribution in [1.82, 2.24) is 14.9 Å². The molecule has 0 aliphatic rings. The van der Waals surface area contributed by atoms with Gasteiger partial charge in [-0.2, -0.15) is 0 Å². The van der Waals surface area contributed by atoms with Gasteiger partial charge in [-0.25, -0.2) is 13.1 Å². The van der Waals surface area contributed by atoms with Gasteiger partial charge in [0.1, 0.15) is 0 Å². The van der Waals surface area contributed by atoms with Crippen LogP contribution < -0.4 is 10.0 Å². The van der Waals surface area contributed by atoms with E-state index >= 15 is 0 Å². The van der Waals surface area contributed by atoms with Crippen molar-refractivity contribution in [3.05, 3.63) is 0 Å². The van der Waals surface area contributed by atoms with Gasteiger partial charge >= 0.3 is 0 Å². The molecule has 0 atom stereocenters. The first-order chi connectivity index (χ1) is 7.21. The Morgan fingerprint density at radius 3 is 2.25 bits per heavy atom. The third kappa shape index (κ3) is 6.42. The van der Waals surface area contributed by atoms with Crippen molar-refractivity contribution in [2.75, 3.05) is 39.5 Å². The molecular formula is C10H25N3O2S. The van der Waals surface area contributed by atoms with Crippen molar-refractivity contribution < 1.29 is 8.42 Å². The highest BCUT2D eigenvalue weighted by Gasteiger charge is 2.22. The van der Waals surface area contributed by atoms with E-state index in [1.165, 1.54) is 0 Å². The third-order valence-corrected chi connectivity index (χ3v) is 4.06. The summed E-state index contributed by atoms with van der Waals surface area (Å²) in [4.78, 5) is 2.00. The molecule has 0 aliphatic heterocycles. The lowest BCUT2D eigenvalue weighted by molar-refractivity contribution is 0.199. The molecule has 16 heavy (non-hydrogen) atoms. The van der Waals surface area contributed by atoms with Crippen LogP contribution in [0, 0.1) is 0 Å². The van der Waals surface area contributed by atoms with Crippen molar-refractivity contribution in [1.29, 1.82) is 0 Å². The van der Waals surface area contributed by atoms with Gasteiger partial charge in [0.15, 0.2) is 0 Å². The molecule has 0 aromatic carbocycles. The number of sulfonamides is 1. The molecule has 98 valence electrons. The molecule has 0 unspecified atom stereocenters. The molecule has 6 heteroatoms. The van der Waals surface area contributed by atoms with Crippen LogP contribution in [0.15, 0.2) is 0 Å². The van der Waals surface area contributed by atoms with Crippen molar-refractivity contribution in [2.45, 2.75) is 26.3 Å². The van der Waals surface area contributed by atoms with Crippen LogP contribution in [-0.2, 0) is 10.0 Å². The molecule has 0 bridgehead atoms. The highest BCUT2D eigenvalue weighted by atomic mass is 32.2. The first-order valence-electron chi connectivity index (χ1n) is 5.57. The molecule has 0 fully saturated rings. The molecule has 0 aliphatic carbocycles. The van der Waals surface area contributed by atoms with E-state index in [0.717, 1.165) is 6.54 Å². The van der Waals surface area contributed by atoms with Gasteiger partial charge in [-0.1, -0.05) is 6.92 Å². The fourth-order valence-corrected chi connectivity index (χ4v) is 2.03. The van der Waals surface area contributed by atoms with Crippen LogP contribution in [0.5, 0.6) is 0 Å². The standard InChI is InChI=1S/C10H25N3O2S/c1-6-11-7-8-16(14,15)12-9-10(2,3)13(4)5/h11-12H,6-9H2,1-5H3. The summed E-state index contributed by atoms with van der Waals surface area (Å²) >= 11 is 0. The third-order valence-electron chi connectivity index (χ3n) is 2.73. The van der Waals surface area contributed by atoms with Gasteiger partial charge in [-0.15, -0.1) is 0 Å². The van der Waals surface area contributed by atoms with E-state index in [9.17, 15) is 8.42 Å². The molecule has 2 N–H and O–H groups in total. The SMILES string of the molecule is CCNCCS(=O)(=O)NCC(C)(C)N(C)C. The minimum atomic E-state index is -3.16. The van der Waals surface area contributed by atoms with Crippen molar-refractivity contribution in [2.24, 2.45) is 0 Å². The molecular weight excluding hydrogens is 226 g/mol. The molecule has 0 spiro atoms. The maximum Gasteiger partial charge on any atom is 0.212 e. The number of hydrogen-bond donors (Lipinski definition) is 2. The molecule has 0 rings (SSSR count). The number of rotatable bonds is 8. The average molecular weight is 251 g/mol. The lowest BCUT2D eigenvalue weighted by atomic mass is 10.1. The zero-order valence-corrected chi connectivity index (χ0v) is 11.8. The Hall–Kier alpha value is -0.170. The normalized spacial score (nSPS) is 13.4. The van der Waals surface area contributed by atoms with Crippen molar-refractivity contribution in [3.8, 4) is 0 Å². The van der Waals surface area contributed by atoms with Gasteiger partial charge in [0, 0.05) is 18.6 Å². The second-order valence-corrected chi connectivity index (χ2v) is 6.63. The predicted molar refractivity (Wildman–Crippen MR) is 68.1 cm³/mol. The van der Waals surface area contributed by atoms with Crippen LogP contribution in [0.1, 0.15) is 20.8 Å². The second kappa shape index (κ2) is 6.54. The Morgan fingerprint density at radius 2 is 1.81 bits per heavy atom. The minimum Gasteiger partial charge on any atom is -0.316 e. The summed E-state index contributed by atoms with van der Waals surface area (Å²) in [5.74, 6) is 0.129. The van der Waals surface area contributed by atoms with E-state index in [4.69, 9.17) is 0 Å². The van der Waals surface area contributed by atoms with E-state index in [-0.39, 0.29) is 11.3 Å². The van der Waals surface area contributed by atoms with Crippen LogP contribution in [0.3, 0.4) is 0 Å². The Kier molecular flexibility index (Phi) is 6.47. The summed E-state index contributed by atoms with van der Waals surface area (Å²) in [6.07, 6.45) is 0. The summed E-state index contributed by atoms with van der Waals surface area (Å²) in [5, 5.41) is 2.99. The molecule has 0 saturated carbocycles. The Morgan fingerprint density at radius 1 is 1.25 bits per heavy atom. The van der Waals surface area contributed by atoms with Gasteiger partial charge in [-0.3, -0.25) is 0 Å². The van der Waals surface area contributed by atoms with Gasteiger partial charge in [0.25, 0.3) is 0 Å². The highest BCUT2D eigenvalue weighted by Crippen LogP contribution is 2.08. The summed E-state index contributed by atoms with van der Waals surface area (Å²) in [6.45, 7) is 7.66. The minimum absolute atomic E-state index is 0.129. The van der Waals surface area contributed by atoms with Gasteiger partial charge < -0.3 is 10.2 Å². The van der Waals surface area contributed by atoms with E-state index in [1.807, 2.05) is 39.8 Å². The van der Waals surface area contributed by atoms with Gasteiger partial charge in [0.05, 0.1) is 5.75 Å². The molecule has 0 aromatic heterocycles. The van der Waals surface area contributed by atoms with Crippen molar-refractivity contribution in [3.63, 3.8) is 0 Å². The molecule has 0 aromatic rings. The van der Waals surface area contributed by atoms with E-state index in [2.05, 4.69) is 10.0 Å². The number of likely N-dealkylation sites (N-methyl/N-ethyl adjacent to an activating group) is 1. The van der Waals surface area contributed by atoms with Gasteiger partial charge in [-0.05, 0) is 34.5 Å². The monoisotopic (exact) mass is 251 g/mol. The lowest BCUT2D eigenvalue weighted by Gasteiger charge is -2.32. The smallest absolute Gasteiger partial charge is 0.212 e. The quantitative estimate of drug-likeness (QED) is 0.589. The molecule has 0 radical (unpaired) electrons. The van der Waals surface area contributed by atoms with Gasteiger partial charge in [0.2, 0.25) is 10.0 Å². The first-order valence-corrected chi connectivity index (χ1v) is 7.22. The van der Waals surface area contributed by atoms with Crippen LogP contribution in [0.25, 0.3) is 0 Å².